The lowest BCUT2D eigenvalue weighted by molar-refractivity contribution is -0.138. The molecule has 0 amide bonds. The van der Waals surface area contributed by atoms with E-state index in [1.54, 1.807) is 6.07 Å². The lowest BCUT2D eigenvalue weighted by Gasteiger charge is -2.11. The third kappa shape index (κ3) is 1.43. The summed E-state index contributed by atoms with van der Waals surface area (Å²) < 4.78 is 37.3. The Labute approximate surface area is 74.4 Å². The predicted octanol–water partition coefficient (Wildman–Crippen LogP) is 3.19. The number of benzene rings is 1. The fraction of sp³-hybridized carbons (Fsp3) is 0.400. The largest absolute Gasteiger partial charge is 0.416 e. The molecule has 0 bridgehead atoms. The third-order valence-corrected chi connectivity index (χ3v) is 2.45. The summed E-state index contributed by atoms with van der Waals surface area (Å²) in [5.74, 6) is 0. The van der Waals surface area contributed by atoms with Gasteiger partial charge in [0.05, 0.1) is 5.56 Å². The minimum absolute atomic E-state index is 0.442. The first-order valence-electron chi connectivity index (χ1n) is 4.27. The number of hydrogen-bond donors (Lipinski definition) is 0. The van der Waals surface area contributed by atoms with Crippen molar-refractivity contribution in [3.63, 3.8) is 0 Å². The van der Waals surface area contributed by atoms with Gasteiger partial charge in [0.15, 0.2) is 0 Å². The molecule has 0 N–H and O–H groups in total. The van der Waals surface area contributed by atoms with Crippen LogP contribution in [0.25, 0.3) is 0 Å². The van der Waals surface area contributed by atoms with E-state index in [0.29, 0.717) is 12.0 Å². The van der Waals surface area contributed by atoms with Gasteiger partial charge in [0.1, 0.15) is 0 Å². The second kappa shape index (κ2) is 2.76. The molecule has 1 aliphatic rings. The predicted molar refractivity (Wildman–Crippen MR) is 43.5 cm³/mol. The van der Waals surface area contributed by atoms with Crippen molar-refractivity contribution in [2.75, 3.05) is 0 Å². The molecular weight excluding hydrogens is 177 g/mol. The lowest BCUT2D eigenvalue weighted by Crippen LogP contribution is -2.08. The number of aryl methyl sites for hydroxylation is 1. The van der Waals surface area contributed by atoms with Gasteiger partial charge in [0.25, 0.3) is 0 Å². The van der Waals surface area contributed by atoms with Crippen LogP contribution in [0.3, 0.4) is 0 Å². The minimum atomic E-state index is -4.18. The van der Waals surface area contributed by atoms with Crippen LogP contribution in [-0.4, -0.2) is 0 Å². The van der Waals surface area contributed by atoms with E-state index in [2.05, 4.69) is 0 Å². The van der Waals surface area contributed by atoms with Crippen molar-refractivity contribution in [2.24, 2.45) is 0 Å². The second-order valence-corrected chi connectivity index (χ2v) is 3.29. The second-order valence-electron chi connectivity index (χ2n) is 3.29. The molecule has 1 aromatic carbocycles. The number of hydrogen-bond acceptors (Lipinski definition) is 0. The van der Waals surface area contributed by atoms with Gasteiger partial charge in [-0.25, -0.2) is 0 Å². The highest BCUT2D eigenvalue weighted by Gasteiger charge is 2.34. The van der Waals surface area contributed by atoms with Crippen LogP contribution < -0.4 is 0 Å². The van der Waals surface area contributed by atoms with Gasteiger partial charge in [-0.3, -0.25) is 0 Å². The van der Waals surface area contributed by atoms with Gasteiger partial charge < -0.3 is 0 Å². The molecule has 0 fully saturated rings. The van der Waals surface area contributed by atoms with Crippen molar-refractivity contribution in [3.05, 3.63) is 34.9 Å². The van der Waals surface area contributed by atoms with Crippen molar-refractivity contribution >= 4 is 0 Å². The zero-order chi connectivity index (χ0) is 9.47. The lowest BCUT2D eigenvalue weighted by atomic mass is 10.0. The molecule has 0 aliphatic heterocycles. The van der Waals surface area contributed by atoms with Gasteiger partial charge in [0.2, 0.25) is 0 Å². The van der Waals surface area contributed by atoms with Crippen LogP contribution in [0.15, 0.2) is 18.2 Å². The quantitative estimate of drug-likeness (QED) is 0.583. The van der Waals surface area contributed by atoms with E-state index >= 15 is 0 Å². The van der Waals surface area contributed by atoms with E-state index in [4.69, 9.17) is 0 Å². The van der Waals surface area contributed by atoms with Gasteiger partial charge in [-0.15, -0.1) is 0 Å². The molecule has 13 heavy (non-hydrogen) atoms. The topological polar surface area (TPSA) is 0 Å². The zero-order valence-corrected chi connectivity index (χ0v) is 6.99. The van der Waals surface area contributed by atoms with E-state index in [1.807, 2.05) is 0 Å². The average molecular weight is 186 g/mol. The molecule has 0 atom stereocenters. The van der Waals surface area contributed by atoms with Crippen molar-refractivity contribution in [3.8, 4) is 0 Å². The molecule has 70 valence electrons. The average Bonchev–Trinajstić information content (AvgIpc) is 2.48. The molecule has 0 saturated carbocycles. The maximum atomic E-state index is 12.4. The molecule has 1 aliphatic carbocycles. The number of alkyl halides is 3. The van der Waals surface area contributed by atoms with Crippen LogP contribution in [-0.2, 0) is 19.0 Å². The molecule has 2 rings (SSSR count). The first-order chi connectivity index (χ1) is 6.09. The Hall–Kier alpha value is -0.990. The smallest absolute Gasteiger partial charge is 0.166 e. The van der Waals surface area contributed by atoms with E-state index in [-0.39, 0.29) is 0 Å². The van der Waals surface area contributed by atoms with Gasteiger partial charge in [-0.2, -0.15) is 13.2 Å². The summed E-state index contributed by atoms with van der Waals surface area (Å²) in [6.45, 7) is 0. The van der Waals surface area contributed by atoms with Crippen LogP contribution in [0.5, 0.6) is 0 Å². The molecule has 0 saturated heterocycles. The van der Waals surface area contributed by atoms with E-state index < -0.39 is 11.7 Å². The fourth-order valence-electron chi connectivity index (χ4n) is 1.89. The fourth-order valence-corrected chi connectivity index (χ4v) is 1.89. The highest BCUT2D eigenvalue weighted by molar-refractivity contribution is 5.39. The van der Waals surface area contributed by atoms with Crippen LogP contribution in [0.2, 0.25) is 0 Å². The Morgan fingerprint density at radius 3 is 2.54 bits per heavy atom. The van der Waals surface area contributed by atoms with E-state index in [0.717, 1.165) is 18.4 Å². The Kier molecular flexibility index (Phi) is 1.82. The maximum absolute atomic E-state index is 12.4. The van der Waals surface area contributed by atoms with Crippen LogP contribution in [0.1, 0.15) is 23.1 Å². The molecule has 0 radical (unpaired) electrons. The molecule has 1 aromatic rings. The molecule has 0 unspecified atom stereocenters. The van der Waals surface area contributed by atoms with Gasteiger partial charge in [0, 0.05) is 0 Å². The Balaban J connectivity index is 2.54. The van der Waals surface area contributed by atoms with Crippen molar-refractivity contribution in [1.29, 1.82) is 0 Å². The highest BCUT2D eigenvalue weighted by Crippen LogP contribution is 2.36. The summed E-state index contributed by atoms with van der Waals surface area (Å²) in [5, 5.41) is 0. The zero-order valence-electron chi connectivity index (χ0n) is 6.99. The van der Waals surface area contributed by atoms with Gasteiger partial charge in [-0.05, 0) is 36.5 Å². The van der Waals surface area contributed by atoms with Crippen LogP contribution in [0.4, 0.5) is 13.2 Å². The Morgan fingerprint density at radius 1 is 1.08 bits per heavy atom. The molecule has 0 nitrogen and oxygen atoms in total. The van der Waals surface area contributed by atoms with Crippen LogP contribution >= 0.6 is 0 Å². The summed E-state index contributed by atoms with van der Waals surface area (Å²) in [6.07, 6.45) is -1.97. The summed E-state index contributed by atoms with van der Waals surface area (Å²) in [7, 11) is 0. The first-order valence-corrected chi connectivity index (χ1v) is 4.27. The van der Waals surface area contributed by atoms with Gasteiger partial charge >= 0.3 is 6.18 Å². The third-order valence-electron chi connectivity index (χ3n) is 2.45. The van der Waals surface area contributed by atoms with Gasteiger partial charge in [-0.1, -0.05) is 12.1 Å². The van der Waals surface area contributed by atoms with Crippen LogP contribution in [0, 0.1) is 0 Å². The standard InChI is InChI=1S/C10H9F3/c11-10(12,13)9-6-2-4-7-3-1-5-8(7)9/h2,4,6H,1,3,5H2. The summed E-state index contributed by atoms with van der Waals surface area (Å²) in [4.78, 5) is 0. The first kappa shape index (κ1) is 8.60. The van der Waals surface area contributed by atoms with Crippen molar-refractivity contribution in [2.45, 2.75) is 25.4 Å². The minimum Gasteiger partial charge on any atom is -0.166 e. The summed E-state index contributed by atoms with van der Waals surface area (Å²) >= 11 is 0. The van der Waals surface area contributed by atoms with E-state index in [9.17, 15) is 13.2 Å². The van der Waals surface area contributed by atoms with Crippen molar-refractivity contribution < 1.29 is 13.2 Å². The van der Waals surface area contributed by atoms with Crippen molar-refractivity contribution in [1.82, 2.24) is 0 Å². The molecule has 0 aromatic heterocycles. The van der Waals surface area contributed by atoms with E-state index in [1.165, 1.54) is 12.1 Å². The number of rotatable bonds is 0. The maximum Gasteiger partial charge on any atom is 0.416 e. The molecule has 0 heterocycles. The number of halogens is 3. The highest BCUT2D eigenvalue weighted by atomic mass is 19.4. The molecular formula is C10H9F3. The summed E-state index contributed by atoms with van der Waals surface area (Å²) in [5.41, 5.74) is 0.937. The Morgan fingerprint density at radius 2 is 1.85 bits per heavy atom. The molecule has 0 spiro atoms. The Bertz CT molecular complexity index is 325. The molecule has 3 heteroatoms. The SMILES string of the molecule is FC(F)(F)c1cccc2c1CCC2. The summed E-state index contributed by atoms with van der Waals surface area (Å²) in [6, 6.07) is 4.45. The monoisotopic (exact) mass is 186 g/mol. The normalized spacial score (nSPS) is 15.9. The number of fused-ring (bicyclic) bond motifs is 1.